The smallest absolute Gasteiger partial charge is 0.165 e. The standard InChI is InChI=1S/C13H15FO/c1-9-2-6-11(12(14)8-9)13(15)7-5-10-3-4-10/h2,6,8,10H,3-5,7H2,1H3. The van der Waals surface area contributed by atoms with Crippen LogP contribution in [0.4, 0.5) is 4.39 Å². The maximum atomic E-state index is 13.4. The lowest BCUT2D eigenvalue weighted by atomic mass is 10.0. The Morgan fingerprint density at radius 1 is 1.47 bits per heavy atom. The summed E-state index contributed by atoms with van der Waals surface area (Å²) >= 11 is 0. The summed E-state index contributed by atoms with van der Waals surface area (Å²) in [4.78, 5) is 11.7. The van der Waals surface area contributed by atoms with E-state index in [2.05, 4.69) is 0 Å². The third kappa shape index (κ3) is 2.65. The minimum Gasteiger partial charge on any atom is -0.294 e. The van der Waals surface area contributed by atoms with E-state index in [1.807, 2.05) is 6.92 Å². The Kier molecular flexibility index (Phi) is 2.85. The van der Waals surface area contributed by atoms with Crippen molar-refractivity contribution in [2.24, 2.45) is 5.92 Å². The van der Waals surface area contributed by atoms with Gasteiger partial charge in [-0.15, -0.1) is 0 Å². The van der Waals surface area contributed by atoms with Gasteiger partial charge in [0.05, 0.1) is 5.56 Å². The van der Waals surface area contributed by atoms with Crippen molar-refractivity contribution in [1.29, 1.82) is 0 Å². The average Bonchev–Trinajstić information content (AvgIpc) is 2.97. The van der Waals surface area contributed by atoms with Crippen LogP contribution in [0.5, 0.6) is 0 Å². The van der Waals surface area contributed by atoms with Crippen molar-refractivity contribution in [2.75, 3.05) is 0 Å². The molecule has 2 rings (SSSR count). The molecule has 0 radical (unpaired) electrons. The molecular weight excluding hydrogens is 191 g/mol. The average molecular weight is 206 g/mol. The van der Waals surface area contributed by atoms with Crippen LogP contribution in [0, 0.1) is 18.7 Å². The van der Waals surface area contributed by atoms with Crippen molar-refractivity contribution in [3.05, 3.63) is 35.1 Å². The van der Waals surface area contributed by atoms with Gasteiger partial charge in [-0.2, -0.15) is 0 Å². The summed E-state index contributed by atoms with van der Waals surface area (Å²) in [7, 11) is 0. The van der Waals surface area contributed by atoms with Gasteiger partial charge in [-0.1, -0.05) is 18.9 Å². The molecule has 1 nitrogen and oxygen atoms in total. The highest BCUT2D eigenvalue weighted by Gasteiger charge is 2.22. The van der Waals surface area contributed by atoms with Gasteiger partial charge >= 0.3 is 0 Å². The van der Waals surface area contributed by atoms with Crippen LogP contribution in [-0.4, -0.2) is 5.78 Å². The molecule has 0 aromatic heterocycles. The molecule has 0 atom stereocenters. The summed E-state index contributed by atoms with van der Waals surface area (Å²) in [6.07, 6.45) is 3.89. The van der Waals surface area contributed by atoms with E-state index in [1.54, 1.807) is 12.1 Å². The van der Waals surface area contributed by atoms with Gasteiger partial charge in [0.1, 0.15) is 5.82 Å². The van der Waals surface area contributed by atoms with E-state index in [4.69, 9.17) is 0 Å². The number of hydrogen-bond donors (Lipinski definition) is 0. The van der Waals surface area contributed by atoms with Crippen molar-refractivity contribution in [3.63, 3.8) is 0 Å². The van der Waals surface area contributed by atoms with E-state index in [9.17, 15) is 9.18 Å². The lowest BCUT2D eigenvalue weighted by Gasteiger charge is -2.02. The van der Waals surface area contributed by atoms with E-state index in [0.717, 1.165) is 17.9 Å². The first-order valence-electron chi connectivity index (χ1n) is 5.46. The van der Waals surface area contributed by atoms with Gasteiger partial charge < -0.3 is 0 Å². The number of carbonyl (C=O) groups excluding carboxylic acids is 1. The summed E-state index contributed by atoms with van der Waals surface area (Å²) in [6, 6.07) is 4.80. The van der Waals surface area contributed by atoms with Gasteiger partial charge in [0.2, 0.25) is 0 Å². The molecular formula is C13H15FO. The molecule has 0 heterocycles. The van der Waals surface area contributed by atoms with E-state index >= 15 is 0 Å². The Hall–Kier alpha value is -1.18. The second-order valence-electron chi connectivity index (χ2n) is 4.39. The van der Waals surface area contributed by atoms with E-state index in [0.29, 0.717) is 6.42 Å². The zero-order valence-corrected chi connectivity index (χ0v) is 8.92. The quantitative estimate of drug-likeness (QED) is 0.689. The third-order valence-electron chi connectivity index (χ3n) is 2.90. The predicted molar refractivity (Wildman–Crippen MR) is 57.4 cm³/mol. The van der Waals surface area contributed by atoms with Crippen LogP contribution in [0.15, 0.2) is 18.2 Å². The summed E-state index contributed by atoms with van der Waals surface area (Å²) in [5.41, 5.74) is 1.10. The highest BCUT2D eigenvalue weighted by atomic mass is 19.1. The number of halogens is 1. The largest absolute Gasteiger partial charge is 0.294 e. The van der Waals surface area contributed by atoms with Gasteiger partial charge in [0.25, 0.3) is 0 Å². The summed E-state index contributed by atoms with van der Waals surface area (Å²) in [5, 5.41) is 0. The maximum absolute atomic E-state index is 13.4. The van der Waals surface area contributed by atoms with Crippen LogP contribution < -0.4 is 0 Å². The molecule has 1 aromatic carbocycles. The lowest BCUT2D eigenvalue weighted by Crippen LogP contribution is -2.03. The molecule has 1 fully saturated rings. The Morgan fingerprint density at radius 2 is 2.20 bits per heavy atom. The monoisotopic (exact) mass is 206 g/mol. The normalized spacial score (nSPS) is 15.3. The third-order valence-corrected chi connectivity index (χ3v) is 2.90. The fraction of sp³-hybridized carbons (Fsp3) is 0.462. The fourth-order valence-corrected chi connectivity index (χ4v) is 1.72. The zero-order valence-electron chi connectivity index (χ0n) is 8.92. The summed E-state index contributed by atoms with van der Waals surface area (Å²) < 4.78 is 13.4. The van der Waals surface area contributed by atoms with Crippen molar-refractivity contribution >= 4 is 5.78 Å². The molecule has 15 heavy (non-hydrogen) atoms. The lowest BCUT2D eigenvalue weighted by molar-refractivity contribution is 0.0974. The maximum Gasteiger partial charge on any atom is 0.165 e. The number of aryl methyl sites for hydroxylation is 1. The first kappa shape index (κ1) is 10.3. The Labute approximate surface area is 89.3 Å². The molecule has 1 aliphatic carbocycles. The van der Waals surface area contributed by atoms with Gasteiger partial charge in [-0.25, -0.2) is 4.39 Å². The SMILES string of the molecule is Cc1ccc(C(=O)CCC2CC2)c(F)c1. The molecule has 80 valence electrons. The Balaban J connectivity index is 2.03. The number of Topliss-reactive ketones (excluding diaryl/α,β-unsaturated/α-hetero) is 1. The minimum absolute atomic E-state index is 0.0561. The highest BCUT2D eigenvalue weighted by molar-refractivity contribution is 5.96. The number of benzene rings is 1. The molecule has 1 aliphatic rings. The molecule has 1 aromatic rings. The molecule has 1 saturated carbocycles. The van der Waals surface area contributed by atoms with Crippen LogP contribution in [0.2, 0.25) is 0 Å². The molecule has 0 saturated heterocycles. The van der Waals surface area contributed by atoms with Crippen LogP contribution >= 0.6 is 0 Å². The first-order chi connectivity index (χ1) is 7.16. The molecule has 2 heteroatoms. The van der Waals surface area contributed by atoms with Crippen molar-refractivity contribution in [1.82, 2.24) is 0 Å². The molecule has 0 unspecified atom stereocenters. The molecule has 0 bridgehead atoms. The van der Waals surface area contributed by atoms with Crippen LogP contribution in [0.25, 0.3) is 0 Å². The molecule has 0 N–H and O–H groups in total. The molecule has 0 spiro atoms. The summed E-state index contributed by atoms with van der Waals surface area (Å²) in [6.45, 7) is 1.82. The first-order valence-corrected chi connectivity index (χ1v) is 5.46. The van der Waals surface area contributed by atoms with Gasteiger partial charge in [0.15, 0.2) is 5.78 Å². The van der Waals surface area contributed by atoms with Crippen LogP contribution in [-0.2, 0) is 0 Å². The number of carbonyl (C=O) groups is 1. The van der Waals surface area contributed by atoms with Gasteiger partial charge in [-0.05, 0) is 37.0 Å². The van der Waals surface area contributed by atoms with Crippen LogP contribution in [0.1, 0.15) is 41.6 Å². The van der Waals surface area contributed by atoms with Gasteiger partial charge in [-0.3, -0.25) is 4.79 Å². The second-order valence-corrected chi connectivity index (χ2v) is 4.39. The number of hydrogen-bond acceptors (Lipinski definition) is 1. The predicted octanol–water partition coefficient (Wildman–Crippen LogP) is 3.51. The topological polar surface area (TPSA) is 17.1 Å². The second kappa shape index (κ2) is 4.13. The molecule has 0 aliphatic heterocycles. The van der Waals surface area contributed by atoms with E-state index < -0.39 is 0 Å². The van der Waals surface area contributed by atoms with Crippen molar-refractivity contribution < 1.29 is 9.18 Å². The van der Waals surface area contributed by atoms with E-state index in [1.165, 1.54) is 18.9 Å². The van der Waals surface area contributed by atoms with Gasteiger partial charge in [0, 0.05) is 6.42 Å². The Morgan fingerprint density at radius 3 is 2.80 bits per heavy atom. The van der Waals surface area contributed by atoms with Crippen molar-refractivity contribution in [3.8, 4) is 0 Å². The Bertz CT molecular complexity index is 380. The zero-order chi connectivity index (χ0) is 10.8. The summed E-state index contributed by atoms with van der Waals surface area (Å²) in [5.74, 6) is 0.289. The molecule has 0 amide bonds. The van der Waals surface area contributed by atoms with Crippen molar-refractivity contribution in [2.45, 2.75) is 32.6 Å². The fourth-order valence-electron chi connectivity index (χ4n) is 1.72. The van der Waals surface area contributed by atoms with Crippen LogP contribution in [0.3, 0.4) is 0 Å². The number of rotatable bonds is 4. The minimum atomic E-state index is -0.379. The number of ketones is 1. The highest BCUT2D eigenvalue weighted by Crippen LogP contribution is 2.33. The van der Waals surface area contributed by atoms with E-state index in [-0.39, 0.29) is 17.2 Å².